The molecule has 10 heteroatoms. The third-order valence-electron chi connectivity index (χ3n) is 4.52. The third kappa shape index (κ3) is 3.00. The van der Waals surface area contributed by atoms with Gasteiger partial charge in [-0.15, -0.1) is 11.3 Å². The van der Waals surface area contributed by atoms with Crippen LogP contribution in [0.3, 0.4) is 0 Å². The van der Waals surface area contributed by atoms with E-state index in [1.807, 2.05) is 6.92 Å². The number of sulfonamides is 1. The number of carbonyl (C=O) groups excluding carboxylic acids is 1. The molecule has 0 saturated carbocycles. The van der Waals surface area contributed by atoms with Gasteiger partial charge in [0.15, 0.2) is 9.84 Å². The molecule has 3 rings (SSSR count). The number of rotatable bonds is 3. The van der Waals surface area contributed by atoms with Crippen LogP contribution in [0.5, 0.6) is 0 Å². The van der Waals surface area contributed by atoms with Gasteiger partial charge in [-0.25, -0.2) is 16.8 Å². The van der Waals surface area contributed by atoms with E-state index >= 15 is 0 Å². The Balaban J connectivity index is 1.98. The van der Waals surface area contributed by atoms with E-state index in [0.29, 0.717) is 0 Å². The van der Waals surface area contributed by atoms with Gasteiger partial charge in [0.05, 0.1) is 23.6 Å². The largest absolute Gasteiger partial charge is 0.336 e. The number of thiophene rings is 1. The molecule has 24 heavy (non-hydrogen) atoms. The highest BCUT2D eigenvalue weighted by Gasteiger charge is 2.51. The molecule has 2 fully saturated rings. The minimum Gasteiger partial charge on any atom is -0.336 e. The Morgan fingerprint density at radius 1 is 1.29 bits per heavy atom. The van der Waals surface area contributed by atoms with E-state index in [4.69, 9.17) is 0 Å². The standard InChI is InChI=1S/C14H20N2O5S3/c1-3-13(17)15-4-5-16(12-9-23(18,19)8-11(12)15)24(20,21)14-6-10(2)7-22-14/h6-7,11-12H,3-5,8-9H2,1-2H3/t11-,12+/m1/s1. The lowest BCUT2D eigenvalue weighted by molar-refractivity contribution is -0.135. The molecule has 0 aliphatic carbocycles. The van der Waals surface area contributed by atoms with Gasteiger partial charge >= 0.3 is 0 Å². The molecule has 1 aromatic heterocycles. The van der Waals surface area contributed by atoms with Gasteiger partial charge in [-0.05, 0) is 23.9 Å². The first-order valence-corrected chi connectivity index (χ1v) is 11.9. The summed E-state index contributed by atoms with van der Waals surface area (Å²) in [5.74, 6) is -0.528. The van der Waals surface area contributed by atoms with E-state index in [2.05, 4.69) is 0 Å². The molecule has 0 bridgehead atoms. The van der Waals surface area contributed by atoms with Crippen molar-refractivity contribution in [1.29, 1.82) is 0 Å². The van der Waals surface area contributed by atoms with E-state index < -0.39 is 31.9 Å². The van der Waals surface area contributed by atoms with Crippen molar-refractivity contribution < 1.29 is 21.6 Å². The summed E-state index contributed by atoms with van der Waals surface area (Å²) < 4.78 is 51.6. The lowest BCUT2D eigenvalue weighted by atomic mass is 10.1. The highest BCUT2D eigenvalue weighted by atomic mass is 32.2. The number of hydrogen-bond donors (Lipinski definition) is 0. The number of piperazine rings is 1. The average Bonchev–Trinajstić information content (AvgIpc) is 3.07. The molecular weight excluding hydrogens is 372 g/mol. The van der Waals surface area contributed by atoms with Crippen molar-refractivity contribution in [3.63, 3.8) is 0 Å². The second-order valence-electron chi connectivity index (χ2n) is 6.21. The molecule has 2 saturated heterocycles. The number of sulfone groups is 1. The predicted molar refractivity (Wildman–Crippen MR) is 91.2 cm³/mol. The minimum atomic E-state index is -3.75. The summed E-state index contributed by atoms with van der Waals surface area (Å²) >= 11 is 1.14. The maximum Gasteiger partial charge on any atom is 0.252 e. The molecule has 1 amide bonds. The quantitative estimate of drug-likeness (QED) is 0.745. The van der Waals surface area contributed by atoms with Crippen molar-refractivity contribution in [2.75, 3.05) is 24.6 Å². The molecule has 0 unspecified atom stereocenters. The molecule has 0 aromatic carbocycles. The monoisotopic (exact) mass is 392 g/mol. The average molecular weight is 393 g/mol. The Hall–Kier alpha value is -0.970. The molecule has 1 aromatic rings. The van der Waals surface area contributed by atoms with E-state index in [9.17, 15) is 21.6 Å². The normalized spacial score (nSPS) is 27.2. The molecule has 0 N–H and O–H groups in total. The number of nitrogens with zero attached hydrogens (tertiary/aromatic N) is 2. The minimum absolute atomic E-state index is 0.127. The first-order chi connectivity index (χ1) is 11.2. The second-order valence-corrected chi connectivity index (χ2v) is 11.4. The highest BCUT2D eigenvalue weighted by molar-refractivity contribution is 7.92. The maximum atomic E-state index is 12.9. The van der Waals surface area contributed by atoms with Crippen molar-refractivity contribution >= 4 is 37.1 Å². The zero-order valence-electron chi connectivity index (χ0n) is 13.5. The molecule has 0 radical (unpaired) electrons. The van der Waals surface area contributed by atoms with Gasteiger partial charge in [-0.1, -0.05) is 6.92 Å². The Labute approximate surface area is 146 Å². The van der Waals surface area contributed by atoms with Crippen LogP contribution in [0, 0.1) is 6.92 Å². The summed E-state index contributed by atoms with van der Waals surface area (Å²) in [5.41, 5.74) is 0.856. The lowest BCUT2D eigenvalue weighted by Crippen LogP contribution is -2.61. The third-order valence-corrected chi connectivity index (χ3v) is 9.67. The van der Waals surface area contributed by atoms with E-state index in [1.165, 1.54) is 4.31 Å². The van der Waals surface area contributed by atoms with Crippen molar-refractivity contribution in [2.45, 2.75) is 36.6 Å². The summed E-state index contributed by atoms with van der Waals surface area (Å²) in [7, 11) is -7.12. The number of amides is 1. The smallest absolute Gasteiger partial charge is 0.252 e. The number of hydrogen-bond acceptors (Lipinski definition) is 6. The van der Waals surface area contributed by atoms with E-state index in [-0.39, 0.29) is 41.1 Å². The van der Waals surface area contributed by atoms with Gasteiger partial charge in [0.2, 0.25) is 5.91 Å². The van der Waals surface area contributed by atoms with Crippen LogP contribution >= 0.6 is 11.3 Å². The van der Waals surface area contributed by atoms with Crippen LogP contribution in [0.25, 0.3) is 0 Å². The Kier molecular flexibility index (Phi) is 4.52. The van der Waals surface area contributed by atoms with Crippen LogP contribution in [-0.4, -0.2) is 68.6 Å². The van der Waals surface area contributed by atoms with Gasteiger partial charge in [0.25, 0.3) is 10.0 Å². The summed E-state index contributed by atoms with van der Waals surface area (Å²) in [6.07, 6.45) is 0.278. The number of aryl methyl sites for hydroxylation is 1. The number of fused-ring (bicyclic) bond motifs is 1. The van der Waals surface area contributed by atoms with Crippen LogP contribution < -0.4 is 0 Å². The SMILES string of the molecule is CCC(=O)N1CCN(S(=O)(=O)c2cc(C)cs2)[C@H]2CS(=O)(=O)C[C@H]21. The zero-order chi connectivity index (χ0) is 17.7. The molecule has 7 nitrogen and oxygen atoms in total. The first-order valence-electron chi connectivity index (χ1n) is 7.72. The zero-order valence-corrected chi connectivity index (χ0v) is 16.0. The van der Waals surface area contributed by atoms with Gasteiger partial charge < -0.3 is 4.90 Å². The van der Waals surface area contributed by atoms with Gasteiger partial charge in [0, 0.05) is 19.5 Å². The summed E-state index contributed by atoms with van der Waals surface area (Å²) in [4.78, 5) is 13.7. The van der Waals surface area contributed by atoms with Crippen LogP contribution in [0.2, 0.25) is 0 Å². The summed E-state index contributed by atoms with van der Waals surface area (Å²) in [6.45, 7) is 3.89. The lowest BCUT2D eigenvalue weighted by Gasteiger charge is -2.42. The molecule has 134 valence electrons. The molecule has 2 aliphatic rings. The first kappa shape index (κ1) is 17.8. The van der Waals surface area contributed by atoms with Gasteiger partial charge in [0.1, 0.15) is 4.21 Å². The van der Waals surface area contributed by atoms with Crippen molar-refractivity contribution in [1.82, 2.24) is 9.21 Å². The molecular formula is C14H20N2O5S3. The second kappa shape index (κ2) is 6.08. The van der Waals surface area contributed by atoms with E-state index in [0.717, 1.165) is 16.9 Å². The predicted octanol–water partition coefficient (Wildman–Crippen LogP) is 0.465. The van der Waals surface area contributed by atoms with Crippen molar-refractivity contribution in [3.8, 4) is 0 Å². The Morgan fingerprint density at radius 3 is 2.54 bits per heavy atom. The fourth-order valence-electron chi connectivity index (χ4n) is 3.39. The van der Waals surface area contributed by atoms with E-state index in [1.54, 1.807) is 23.3 Å². The highest BCUT2D eigenvalue weighted by Crippen LogP contribution is 2.33. The molecule has 2 aliphatic heterocycles. The van der Waals surface area contributed by atoms with Gasteiger partial charge in [-0.2, -0.15) is 4.31 Å². The van der Waals surface area contributed by atoms with Crippen LogP contribution in [0.4, 0.5) is 0 Å². The fourth-order valence-corrected chi connectivity index (χ4v) is 8.46. The number of carbonyl (C=O) groups is 1. The van der Waals surface area contributed by atoms with Crippen LogP contribution in [-0.2, 0) is 24.7 Å². The summed E-state index contributed by atoms with van der Waals surface area (Å²) in [5, 5.41) is 1.76. The Bertz CT molecular complexity index is 859. The maximum absolute atomic E-state index is 12.9. The molecule has 2 atom stereocenters. The molecule has 0 spiro atoms. The van der Waals surface area contributed by atoms with Gasteiger partial charge in [-0.3, -0.25) is 4.79 Å². The topological polar surface area (TPSA) is 91.8 Å². The van der Waals surface area contributed by atoms with Crippen LogP contribution in [0.15, 0.2) is 15.7 Å². The van der Waals surface area contributed by atoms with Crippen molar-refractivity contribution in [3.05, 3.63) is 17.0 Å². The van der Waals surface area contributed by atoms with Crippen LogP contribution in [0.1, 0.15) is 18.9 Å². The molecule has 3 heterocycles. The summed E-state index contributed by atoms with van der Waals surface area (Å²) in [6, 6.07) is 0.306. The van der Waals surface area contributed by atoms with Crippen molar-refractivity contribution in [2.24, 2.45) is 0 Å². The Morgan fingerprint density at radius 2 is 1.96 bits per heavy atom. The fraction of sp³-hybridized carbons (Fsp3) is 0.643.